The maximum atomic E-state index is 11.0. The van der Waals surface area contributed by atoms with Crippen LogP contribution in [0.2, 0.25) is 0 Å². The minimum absolute atomic E-state index is 0.265. The van der Waals surface area contributed by atoms with E-state index < -0.39 is 11.9 Å². The van der Waals surface area contributed by atoms with Crippen LogP contribution in [0.15, 0.2) is 0 Å². The summed E-state index contributed by atoms with van der Waals surface area (Å²) in [6, 6.07) is 0. The minimum Gasteiger partial charge on any atom is -0.432 e. The van der Waals surface area contributed by atoms with Gasteiger partial charge in [-0.25, -0.2) is 4.79 Å². The second-order valence-corrected chi connectivity index (χ2v) is 3.07. The highest BCUT2D eigenvalue weighted by Crippen LogP contribution is 2.25. The maximum Gasteiger partial charge on any atom is 0.337 e. The summed E-state index contributed by atoms with van der Waals surface area (Å²) in [4.78, 5) is 11.0. The molecule has 0 amide bonds. The van der Waals surface area contributed by atoms with E-state index in [4.69, 9.17) is 9.47 Å². The molecule has 0 aromatic carbocycles. The molecular weight excluding hydrogens is 144 g/mol. The highest BCUT2D eigenvalue weighted by molar-refractivity contribution is 5.76. The van der Waals surface area contributed by atoms with Crippen LogP contribution >= 0.6 is 0 Å². The zero-order valence-electron chi connectivity index (χ0n) is 6.92. The molecule has 0 aromatic heterocycles. The summed E-state index contributed by atoms with van der Waals surface area (Å²) in [5.41, 5.74) is 0. The number of hydrogen-bond acceptors (Lipinski definition) is 3. The van der Waals surface area contributed by atoms with Gasteiger partial charge in [0.25, 0.3) is 0 Å². The Balaban J connectivity index is 2.52. The molecule has 3 nitrogen and oxygen atoms in total. The fraction of sp³-hybridized carbons (Fsp3) is 0.750. The maximum absolute atomic E-state index is 11.0. The molecule has 11 heavy (non-hydrogen) atoms. The lowest BCUT2D eigenvalue weighted by atomic mass is 10.2. The fourth-order valence-electron chi connectivity index (χ4n) is 1.08. The summed E-state index contributed by atoms with van der Waals surface area (Å²) in [5, 5.41) is 0. The molecule has 0 aliphatic carbocycles. The molecule has 3 heteroatoms. The van der Waals surface area contributed by atoms with E-state index in [-0.39, 0.29) is 5.97 Å². The van der Waals surface area contributed by atoms with Crippen LogP contribution < -0.4 is 0 Å². The third-order valence-electron chi connectivity index (χ3n) is 1.50. The first-order chi connectivity index (χ1) is 5.05. The number of rotatable bonds is 2. The average molecular weight is 157 g/mol. The summed E-state index contributed by atoms with van der Waals surface area (Å²) in [6.45, 7) is 7.10. The van der Waals surface area contributed by atoms with Crippen molar-refractivity contribution < 1.29 is 14.3 Å². The van der Waals surface area contributed by atoms with Crippen LogP contribution in [0, 0.1) is 6.92 Å². The zero-order valence-corrected chi connectivity index (χ0v) is 6.92. The predicted molar refractivity (Wildman–Crippen MR) is 39.6 cm³/mol. The lowest BCUT2D eigenvalue weighted by Gasteiger charge is -2.14. The van der Waals surface area contributed by atoms with Crippen LogP contribution in [0.5, 0.6) is 0 Å². The first-order valence-corrected chi connectivity index (χ1v) is 3.75. The molecule has 1 saturated heterocycles. The van der Waals surface area contributed by atoms with Crippen molar-refractivity contribution in [1.29, 1.82) is 0 Å². The molecule has 0 N–H and O–H groups in total. The fourth-order valence-corrected chi connectivity index (χ4v) is 1.08. The van der Waals surface area contributed by atoms with Crippen molar-refractivity contribution in [3.63, 3.8) is 0 Å². The Morgan fingerprint density at radius 2 is 2.27 bits per heavy atom. The molecule has 1 aliphatic rings. The molecule has 1 radical (unpaired) electrons. The highest BCUT2D eigenvalue weighted by Gasteiger charge is 2.39. The second kappa shape index (κ2) is 2.81. The van der Waals surface area contributed by atoms with Crippen LogP contribution in [0.25, 0.3) is 0 Å². The van der Waals surface area contributed by atoms with E-state index >= 15 is 0 Å². The highest BCUT2D eigenvalue weighted by atomic mass is 16.8. The normalized spacial score (nSPS) is 28.6. The number of cyclic esters (lactones) is 1. The van der Waals surface area contributed by atoms with Crippen molar-refractivity contribution in [2.45, 2.75) is 38.6 Å². The van der Waals surface area contributed by atoms with E-state index in [0.717, 1.165) is 0 Å². The Bertz CT molecular complexity index is 163. The third-order valence-corrected chi connectivity index (χ3v) is 1.50. The standard InChI is InChI=1S/C8H13O3/c1-4-5-6-7(9)11-8(2,3)10-6/h6H,1,4-5H2,2-3H3. The van der Waals surface area contributed by atoms with Crippen LogP contribution in [0.3, 0.4) is 0 Å². The smallest absolute Gasteiger partial charge is 0.337 e. The number of carbonyl (C=O) groups excluding carboxylic acids is 1. The van der Waals surface area contributed by atoms with E-state index in [1.165, 1.54) is 0 Å². The first-order valence-electron chi connectivity index (χ1n) is 3.75. The van der Waals surface area contributed by atoms with E-state index in [2.05, 4.69) is 6.92 Å². The number of hydrogen-bond donors (Lipinski definition) is 0. The van der Waals surface area contributed by atoms with Crippen LogP contribution in [0.1, 0.15) is 26.7 Å². The van der Waals surface area contributed by atoms with Crippen LogP contribution in [-0.4, -0.2) is 17.9 Å². The predicted octanol–water partition coefficient (Wildman–Crippen LogP) is 1.28. The van der Waals surface area contributed by atoms with Crippen molar-refractivity contribution in [3.8, 4) is 0 Å². The van der Waals surface area contributed by atoms with E-state index in [0.29, 0.717) is 12.8 Å². The van der Waals surface area contributed by atoms with Crippen LogP contribution in [-0.2, 0) is 14.3 Å². The molecular formula is C8H13O3. The van der Waals surface area contributed by atoms with Gasteiger partial charge in [0.15, 0.2) is 6.10 Å². The molecule has 1 heterocycles. The van der Waals surface area contributed by atoms with E-state index in [1.54, 1.807) is 13.8 Å². The van der Waals surface area contributed by atoms with Crippen LogP contribution in [0.4, 0.5) is 0 Å². The number of ether oxygens (including phenoxy) is 2. The molecule has 0 aromatic rings. The van der Waals surface area contributed by atoms with Crippen molar-refractivity contribution in [1.82, 2.24) is 0 Å². The Labute approximate surface area is 66.7 Å². The number of esters is 1. The molecule has 1 fully saturated rings. The first kappa shape index (κ1) is 8.53. The zero-order chi connectivity index (χ0) is 8.48. The topological polar surface area (TPSA) is 35.5 Å². The van der Waals surface area contributed by atoms with Gasteiger partial charge in [-0.15, -0.1) is 0 Å². The van der Waals surface area contributed by atoms with Gasteiger partial charge < -0.3 is 9.47 Å². The van der Waals surface area contributed by atoms with Gasteiger partial charge in [-0.2, -0.15) is 0 Å². The largest absolute Gasteiger partial charge is 0.432 e. The molecule has 63 valence electrons. The van der Waals surface area contributed by atoms with Gasteiger partial charge in [-0.05, 0) is 6.42 Å². The van der Waals surface area contributed by atoms with Gasteiger partial charge in [0.1, 0.15) is 0 Å². The minimum atomic E-state index is -0.739. The molecule has 0 saturated carbocycles. The van der Waals surface area contributed by atoms with Gasteiger partial charge in [0.2, 0.25) is 5.79 Å². The Kier molecular flexibility index (Phi) is 2.18. The summed E-state index contributed by atoms with van der Waals surface area (Å²) in [6.07, 6.45) is 0.931. The molecule has 1 aliphatic heterocycles. The summed E-state index contributed by atoms with van der Waals surface area (Å²) in [7, 11) is 0. The van der Waals surface area contributed by atoms with Crippen molar-refractivity contribution >= 4 is 5.97 Å². The summed E-state index contributed by atoms with van der Waals surface area (Å²) < 4.78 is 10.2. The van der Waals surface area contributed by atoms with Gasteiger partial charge in [0.05, 0.1) is 0 Å². The average Bonchev–Trinajstić information content (AvgIpc) is 2.07. The lowest BCUT2D eigenvalue weighted by molar-refractivity contribution is -0.160. The number of carbonyl (C=O) groups is 1. The monoisotopic (exact) mass is 157 g/mol. The van der Waals surface area contributed by atoms with E-state index in [1.807, 2.05) is 0 Å². The van der Waals surface area contributed by atoms with Gasteiger partial charge in [-0.3, -0.25) is 0 Å². The van der Waals surface area contributed by atoms with Gasteiger partial charge in [0, 0.05) is 13.8 Å². The Morgan fingerprint density at radius 1 is 1.64 bits per heavy atom. The SMILES string of the molecule is [CH2]CCC1OC(C)(C)OC1=O. The molecule has 0 bridgehead atoms. The Morgan fingerprint density at radius 3 is 2.64 bits per heavy atom. The Hall–Kier alpha value is -0.570. The molecule has 1 atom stereocenters. The quantitative estimate of drug-likeness (QED) is 0.566. The van der Waals surface area contributed by atoms with E-state index in [9.17, 15) is 4.79 Å². The second-order valence-electron chi connectivity index (χ2n) is 3.07. The molecule has 0 spiro atoms. The van der Waals surface area contributed by atoms with Gasteiger partial charge in [-0.1, -0.05) is 13.3 Å². The van der Waals surface area contributed by atoms with Crippen molar-refractivity contribution in [3.05, 3.63) is 6.92 Å². The molecule has 1 rings (SSSR count). The summed E-state index contributed by atoms with van der Waals surface area (Å²) >= 11 is 0. The van der Waals surface area contributed by atoms with Crippen molar-refractivity contribution in [2.75, 3.05) is 0 Å². The summed E-state index contributed by atoms with van der Waals surface area (Å²) in [5.74, 6) is -1.00. The molecule has 1 unspecified atom stereocenters. The lowest BCUT2D eigenvalue weighted by Crippen LogP contribution is -2.21. The third kappa shape index (κ3) is 1.93. The van der Waals surface area contributed by atoms with Crippen molar-refractivity contribution in [2.24, 2.45) is 0 Å². The van der Waals surface area contributed by atoms with Gasteiger partial charge >= 0.3 is 5.97 Å².